The van der Waals surface area contributed by atoms with Gasteiger partial charge in [0.15, 0.2) is 0 Å². The van der Waals surface area contributed by atoms with Gasteiger partial charge in [-0.15, -0.1) is 0 Å². The van der Waals surface area contributed by atoms with Gasteiger partial charge in [-0.25, -0.2) is 4.98 Å². The average molecular weight is 655 g/mol. The normalized spacial score (nSPS) is 39.8. The molecule has 0 aromatic carbocycles. The molecule has 0 spiro atoms. The van der Waals surface area contributed by atoms with Gasteiger partial charge in [-0.2, -0.15) is 5.10 Å². The van der Waals surface area contributed by atoms with E-state index in [0.29, 0.717) is 17.7 Å². The summed E-state index contributed by atoms with van der Waals surface area (Å²) in [5.41, 5.74) is 13.4. The van der Waals surface area contributed by atoms with Crippen molar-refractivity contribution in [1.82, 2.24) is 20.5 Å². The van der Waals surface area contributed by atoms with Gasteiger partial charge in [0, 0.05) is 49.0 Å². The van der Waals surface area contributed by atoms with E-state index >= 15 is 0 Å². The minimum absolute atomic E-state index is 0.0189. The summed E-state index contributed by atoms with van der Waals surface area (Å²) in [5, 5.41) is 22.0. The second kappa shape index (κ2) is 10.6. The Morgan fingerprint density at radius 3 is 2.44 bits per heavy atom. The standard InChI is InChI=1S/C40H58N6O2/c1-36(2)19-26-24(27(20-36)35(47)48)10-12-40(7)32(26)25(23-8-9-31(43-22-23)46-16-14-42-15-17-46)18-30-38(5)21-28-33(44-45-34(28)41)37(3,4)29(38)11-13-39(30,40)6/h8-9,22,24,26-27,29-30,42H,10-21H2,1-7H3,(H,47,48)(H3,41,44,45)/t24-,26?,27+,29?,30?,38-,39+,40+/m0/s1. The summed E-state index contributed by atoms with van der Waals surface area (Å²) >= 11 is 0. The highest BCUT2D eigenvalue weighted by atomic mass is 16.4. The number of rotatable bonds is 3. The van der Waals surface area contributed by atoms with Crippen molar-refractivity contribution in [3.63, 3.8) is 0 Å². The zero-order valence-corrected chi connectivity index (χ0v) is 30.4. The van der Waals surface area contributed by atoms with Crippen molar-refractivity contribution in [2.45, 2.75) is 105 Å². The first kappa shape index (κ1) is 32.3. The van der Waals surface area contributed by atoms with E-state index in [9.17, 15) is 9.90 Å². The van der Waals surface area contributed by atoms with Crippen LogP contribution in [-0.4, -0.2) is 52.4 Å². The lowest BCUT2D eigenvalue weighted by Gasteiger charge is -2.70. The lowest BCUT2D eigenvalue weighted by atomic mass is 9.33. The third-order valence-corrected chi connectivity index (χ3v) is 15.7. The fourth-order valence-electron chi connectivity index (χ4n) is 13.3. The summed E-state index contributed by atoms with van der Waals surface area (Å²) in [5.74, 6) is 2.27. The van der Waals surface area contributed by atoms with Crippen LogP contribution in [0.15, 0.2) is 23.9 Å². The number of anilines is 2. The van der Waals surface area contributed by atoms with Crippen molar-refractivity contribution >= 4 is 23.2 Å². The molecule has 8 heteroatoms. The number of fused-ring (bicyclic) bond motifs is 8. The van der Waals surface area contributed by atoms with Crippen molar-refractivity contribution in [2.75, 3.05) is 36.8 Å². The summed E-state index contributed by atoms with van der Waals surface area (Å²) in [6.45, 7) is 21.2. The number of nitrogens with two attached hydrogens (primary N) is 1. The number of hydrogen-bond donors (Lipinski definition) is 4. The maximum atomic E-state index is 12.9. The van der Waals surface area contributed by atoms with Crippen LogP contribution < -0.4 is 16.0 Å². The Bertz CT molecular complexity index is 1650. The minimum atomic E-state index is -0.601. The number of hydrogen-bond acceptors (Lipinski definition) is 6. The maximum absolute atomic E-state index is 12.9. The van der Waals surface area contributed by atoms with Crippen molar-refractivity contribution < 1.29 is 9.90 Å². The summed E-state index contributed by atoms with van der Waals surface area (Å²) in [6.07, 6.45) is 10.4. The maximum Gasteiger partial charge on any atom is 0.306 e. The number of pyridine rings is 1. The van der Waals surface area contributed by atoms with Gasteiger partial charge in [-0.1, -0.05) is 54.0 Å². The molecule has 0 bridgehead atoms. The van der Waals surface area contributed by atoms with Crippen LogP contribution in [-0.2, 0) is 16.6 Å². The summed E-state index contributed by atoms with van der Waals surface area (Å²) in [7, 11) is 0. The van der Waals surface area contributed by atoms with Gasteiger partial charge in [0.25, 0.3) is 0 Å². The molecule has 8 rings (SSSR count). The van der Waals surface area contributed by atoms with Crippen molar-refractivity contribution in [1.29, 1.82) is 0 Å². The smallest absolute Gasteiger partial charge is 0.306 e. The predicted octanol–water partition coefficient (Wildman–Crippen LogP) is 7.08. The van der Waals surface area contributed by atoms with Gasteiger partial charge in [0.05, 0.1) is 5.92 Å². The molecule has 8 atom stereocenters. The number of carboxylic acids is 1. The number of H-pyrrole nitrogens is 1. The van der Waals surface area contributed by atoms with Gasteiger partial charge >= 0.3 is 5.97 Å². The fourth-order valence-corrected chi connectivity index (χ4v) is 13.3. The molecule has 6 aliphatic rings. The number of carbonyl (C=O) groups is 1. The van der Waals surface area contributed by atoms with Gasteiger partial charge in [0.2, 0.25) is 0 Å². The fraction of sp³-hybridized carbons (Fsp3) is 0.725. The van der Waals surface area contributed by atoms with Crippen LogP contribution in [0.1, 0.15) is 110 Å². The van der Waals surface area contributed by atoms with Crippen LogP contribution >= 0.6 is 0 Å². The number of nitrogens with zero attached hydrogens (tertiary/aromatic N) is 3. The minimum Gasteiger partial charge on any atom is -0.481 e. The zero-order chi connectivity index (χ0) is 34.0. The highest BCUT2D eigenvalue weighted by Gasteiger charge is 2.68. The summed E-state index contributed by atoms with van der Waals surface area (Å²) < 4.78 is 0. The molecule has 5 N–H and O–H groups in total. The third-order valence-electron chi connectivity index (χ3n) is 15.7. The summed E-state index contributed by atoms with van der Waals surface area (Å²) in [4.78, 5) is 20.4. The Labute approximate surface area is 287 Å². The van der Waals surface area contributed by atoms with Crippen molar-refractivity contribution in [3.05, 3.63) is 40.7 Å². The number of aliphatic carboxylic acids is 1. The molecule has 0 amide bonds. The van der Waals surface area contributed by atoms with E-state index in [2.05, 4.69) is 87.2 Å². The van der Waals surface area contributed by atoms with E-state index < -0.39 is 5.97 Å². The molecule has 5 aliphatic carbocycles. The van der Waals surface area contributed by atoms with E-state index in [1.807, 2.05) is 0 Å². The molecule has 0 radical (unpaired) electrons. The van der Waals surface area contributed by atoms with Crippen LogP contribution in [0.2, 0.25) is 0 Å². The first-order valence-corrected chi connectivity index (χ1v) is 18.8. The zero-order valence-electron chi connectivity index (χ0n) is 30.4. The Balaban J connectivity index is 1.31. The number of allylic oxidation sites excluding steroid dienone is 2. The topological polar surface area (TPSA) is 120 Å². The molecule has 3 saturated carbocycles. The molecule has 2 aromatic heterocycles. The quantitative estimate of drug-likeness (QED) is 0.279. The largest absolute Gasteiger partial charge is 0.481 e. The molecular weight excluding hydrogens is 596 g/mol. The van der Waals surface area contributed by atoms with E-state index in [4.69, 9.17) is 10.7 Å². The van der Waals surface area contributed by atoms with Crippen LogP contribution in [0.3, 0.4) is 0 Å². The van der Waals surface area contributed by atoms with E-state index in [0.717, 1.165) is 70.5 Å². The number of piperazine rings is 1. The van der Waals surface area contributed by atoms with Gasteiger partial charge < -0.3 is 21.1 Å². The molecule has 8 nitrogen and oxygen atoms in total. The second-order valence-electron chi connectivity index (χ2n) is 18.8. The molecule has 3 heterocycles. The molecule has 260 valence electrons. The van der Waals surface area contributed by atoms with E-state index in [-0.39, 0.29) is 44.8 Å². The van der Waals surface area contributed by atoms with Crippen LogP contribution in [0.25, 0.3) is 5.57 Å². The number of carboxylic acid groups (broad SMARTS) is 1. The number of nitrogen functional groups attached to an aromatic ring is 1. The predicted molar refractivity (Wildman–Crippen MR) is 191 cm³/mol. The first-order chi connectivity index (χ1) is 22.6. The lowest BCUT2D eigenvalue weighted by Crippen LogP contribution is -2.64. The average Bonchev–Trinajstić information content (AvgIpc) is 3.41. The van der Waals surface area contributed by atoms with Crippen LogP contribution in [0.4, 0.5) is 11.6 Å². The van der Waals surface area contributed by atoms with E-state index in [1.165, 1.54) is 35.2 Å². The Kier molecular flexibility index (Phi) is 7.12. The monoisotopic (exact) mass is 654 g/mol. The number of nitrogens with one attached hydrogen (secondary N) is 2. The van der Waals surface area contributed by atoms with Crippen molar-refractivity contribution in [3.8, 4) is 0 Å². The van der Waals surface area contributed by atoms with Gasteiger partial charge in [-0.3, -0.25) is 9.89 Å². The molecule has 1 saturated heterocycles. The van der Waals surface area contributed by atoms with Crippen molar-refractivity contribution in [2.24, 2.45) is 51.2 Å². The second-order valence-corrected chi connectivity index (χ2v) is 18.8. The van der Waals surface area contributed by atoms with Gasteiger partial charge in [0.1, 0.15) is 11.6 Å². The highest BCUT2D eigenvalue weighted by Crippen LogP contribution is 2.76. The van der Waals surface area contributed by atoms with Gasteiger partial charge in [-0.05, 0) is 120 Å². The Morgan fingerprint density at radius 1 is 1.00 bits per heavy atom. The third kappa shape index (κ3) is 4.38. The Hall–Kier alpha value is -2.87. The van der Waals surface area contributed by atoms with Crippen LogP contribution in [0.5, 0.6) is 0 Å². The Morgan fingerprint density at radius 2 is 1.75 bits per heavy atom. The lowest BCUT2D eigenvalue weighted by molar-refractivity contribution is -0.161. The highest BCUT2D eigenvalue weighted by molar-refractivity contribution is 5.75. The number of aromatic amines is 1. The van der Waals surface area contributed by atoms with Crippen LogP contribution in [0, 0.1) is 51.2 Å². The first-order valence-electron chi connectivity index (χ1n) is 18.8. The number of aromatic nitrogens is 3. The summed E-state index contributed by atoms with van der Waals surface area (Å²) in [6, 6.07) is 4.60. The molecule has 2 aromatic rings. The molecular formula is C40H58N6O2. The molecule has 3 unspecified atom stereocenters. The molecule has 48 heavy (non-hydrogen) atoms. The SMILES string of the molecule is CC1(C)CC2C3=C(c4ccc(N5CCNCC5)nc4)CC4[C@@]5(C)Cc6c(N)n[nH]c6C(C)(C)C5CC[C@@]4(C)[C@]3(C)CC[C@@H]2[C@H](C(=O)O)C1. The molecule has 1 aliphatic heterocycles. The molecule has 4 fully saturated rings. The van der Waals surface area contributed by atoms with E-state index in [1.54, 1.807) is 5.57 Å².